The quantitative estimate of drug-likeness (QED) is 0.778. The van der Waals surface area contributed by atoms with Crippen LogP contribution in [-0.2, 0) is 6.54 Å². The van der Waals surface area contributed by atoms with Crippen molar-refractivity contribution in [2.75, 3.05) is 26.7 Å². The summed E-state index contributed by atoms with van der Waals surface area (Å²) in [6.07, 6.45) is 0. The Hall–Kier alpha value is -0.380. The number of likely N-dealkylation sites (N-methyl/N-ethyl adjacent to an activating group) is 1. The second kappa shape index (κ2) is 7.85. The molecule has 1 aromatic carbocycles. The molecule has 0 unspecified atom stereocenters. The van der Waals surface area contributed by atoms with Gasteiger partial charge in [0.1, 0.15) is 0 Å². The Kier molecular flexibility index (Phi) is 6.78. The van der Waals surface area contributed by atoms with Gasteiger partial charge in [-0.1, -0.05) is 48.0 Å². The van der Waals surface area contributed by atoms with E-state index in [4.69, 9.17) is 0 Å². The fourth-order valence-corrected chi connectivity index (χ4v) is 2.07. The topological polar surface area (TPSA) is 15.3 Å². The molecule has 0 fully saturated rings. The van der Waals surface area contributed by atoms with E-state index in [-0.39, 0.29) is 0 Å². The fraction of sp³-hybridized carbons (Fsp3) is 0.571. The molecule has 17 heavy (non-hydrogen) atoms. The molecule has 0 aromatic heterocycles. The third-order valence-corrected chi connectivity index (χ3v) is 3.39. The van der Waals surface area contributed by atoms with Gasteiger partial charge in [-0.15, -0.1) is 0 Å². The van der Waals surface area contributed by atoms with Crippen molar-refractivity contribution in [1.82, 2.24) is 10.2 Å². The van der Waals surface area contributed by atoms with Crippen molar-refractivity contribution in [2.24, 2.45) is 5.92 Å². The number of benzene rings is 1. The van der Waals surface area contributed by atoms with Crippen molar-refractivity contribution in [3.8, 4) is 0 Å². The zero-order valence-electron chi connectivity index (χ0n) is 11.0. The average Bonchev–Trinajstić information content (AvgIpc) is 2.27. The predicted molar refractivity (Wildman–Crippen MR) is 78.2 cm³/mol. The van der Waals surface area contributed by atoms with Crippen LogP contribution < -0.4 is 5.32 Å². The molecule has 2 nitrogen and oxygen atoms in total. The van der Waals surface area contributed by atoms with Gasteiger partial charge in [0.15, 0.2) is 0 Å². The van der Waals surface area contributed by atoms with Crippen LogP contribution in [0.3, 0.4) is 0 Å². The summed E-state index contributed by atoms with van der Waals surface area (Å²) in [7, 11) is 2.16. The highest BCUT2D eigenvalue weighted by Gasteiger charge is 2.03. The first-order chi connectivity index (χ1) is 8.09. The predicted octanol–water partition coefficient (Wildman–Crippen LogP) is 3.13. The molecule has 0 atom stereocenters. The molecule has 1 N–H and O–H groups in total. The van der Waals surface area contributed by atoms with Gasteiger partial charge in [-0.2, -0.15) is 0 Å². The Labute approximate surface area is 114 Å². The first-order valence-corrected chi connectivity index (χ1v) is 7.01. The van der Waals surface area contributed by atoms with Crippen molar-refractivity contribution in [3.63, 3.8) is 0 Å². The van der Waals surface area contributed by atoms with E-state index in [1.807, 2.05) is 0 Å². The SMILES string of the molecule is CC(C)CNCCN(C)Cc1ccccc1Br. The van der Waals surface area contributed by atoms with E-state index in [0.29, 0.717) is 0 Å². The van der Waals surface area contributed by atoms with E-state index in [9.17, 15) is 0 Å². The van der Waals surface area contributed by atoms with Crippen LogP contribution in [0.4, 0.5) is 0 Å². The molecule has 0 radical (unpaired) electrons. The third-order valence-electron chi connectivity index (χ3n) is 2.62. The zero-order valence-corrected chi connectivity index (χ0v) is 12.6. The molecular formula is C14H23BrN2. The van der Waals surface area contributed by atoms with Gasteiger partial charge in [0.2, 0.25) is 0 Å². The van der Waals surface area contributed by atoms with Crippen molar-refractivity contribution in [2.45, 2.75) is 20.4 Å². The molecule has 0 heterocycles. The van der Waals surface area contributed by atoms with Gasteiger partial charge in [0, 0.05) is 24.1 Å². The minimum absolute atomic E-state index is 0.726. The van der Waals surface area contributed by atoms with Crippen LogP contribution in [0.2, 0.25) is 0 Å². The molecule has 1 aromatic rings. The van der Waals surface area contributed by atoms with Gasteiger partial charge >= 0.3 is 0 Å². The Morgan fingerprint density at radius 3 is 2.65 bits per heavy atom. The van der Waals surface area contributed by atoms with Crippen LogP contribution in [0.25, 0.3) is 0 Å². The third kappa shape index (κ3) is 6.20. The van der Waals surface area contributed by atoms with Crippen molar-refractivity contribution < 1.29 is 0 Å². The van der Waals surface area contributed by atoms with E-state index >= 15 is 0 Å². The Balaban J connectivity index is 2.25. The molecule has 0 aliphatic rings. The highest BCUT2D eigenvalue weighted by atomic mass is 79.9. The Morgan fingerprint density at radius 2 is 2.00 bits per heavy atom. The first kappa shape index (κ1) is 14.7. The normalized spacial score (nSPS) is 11.4. The smallest absolute Gasteiger partial charge is 0.0242 e. The van der Waals surface area contributed by atoms with E-state index < -0.39 is 0 Å². The Morgan fingerprint density at radius 1 is 1.29 bits per heavy atom. The molecular weight excluding hydrogens is 276 g/mol. The first-order valence-electron chi connectivity index (χ1n) is 6.22. The lowest BCUT2D eigenvalue weighted by molar-refractivity contribution is 0.321. The second-order valence-corrected chi connectivity index (χ2v) is 5.78. The fourth-order valence-electron chi connectivity index (χ4n) is 1.66. The summed E-state index contributed by atoms with van der Waals surface area (Å²) in [5.74, 6) is 0.726. The summed E-state index contributed by atoms with van der Waals surface area (Å²) >= 11 is 3.58. The van der Waals surface area contributed by atoms with Crippen LogP contribution in [0.1, 0.15) is 19.4 Å². The summed E-state index contributed by atoms with van der Waals surface area (Å²) in [5.41, 5.74) is 1.35. The minimum atomic E-state index is 0.726. The van der Waals surface area contributed by atoms with E-state index in [1.54, 1.807) is 0 Å². The maximum absolute atomic E-state index is 3.58. The van der Waals surface area contributed by atoms with Crippen LogP contribution >= 0.6 is 15.9 Å². The van der Waals surface area contributed by atoms with Gasteiger partial charge in [0.25, 0.3) is 0 Å². The number of rotatable bonds is 7. The molecule has 0 saturated carbocycles. The summed E-state index contributed by atoms with van der Waals surface area (Å²) in [4.78, 5) is 2.34. The molecule has 0 aliphatic heterocycles. The van der Waals surface area contributed by atoms with E-state index in [1.165, 1.54) is 10.0 Å². The minimum Gasteiger partial charge on any atom is -0.315 e. The number of nitrogens with zero attached hydrogens (tertiary/aromatic N) is 1. The lowest BCUT2D eigenvalue weighted by Crippen LogP contribution is -2.30. The van der Waals surface area contributed by atoms with E-state index in [0.717, 1.165) is 32.1 Å². The second-order valence-electron chi connectivity index (χ2n) is 4.93. The zero-order chi connectivity index (χ0) is 12.7. The highest BCUT2D eigenvalue weighted by molar-refractivity contribution is 9.10. The molecule has 0 amide bonds. The molecule has 0 saturated heterocycles. The molecule has 1 rings (SSSR count). The average molecular weight is 299 g/mol. The summed E-state index contributed by atoms with van der Waals surface area (Å²) in [5, 5.41) is 3.46. The van der Waals surface area contributed by atoms with Crippen molar-refractivity contribution >= 4 is 15.9 Å². The Bertz CT molecular complexity index is 326. The van der Waals surface area contributed by atoms with Crippen LogP contribution in [0.5, 0.6) is 0 Å². The number of nitrogens with one attached hydrogen (secondary N) is 1. The lowest BCUT2D eigenvalue weighted by Gasteiger charge is -2.18. The van der Waals surface area contributed by atoms with Gasteiger partial charge in [-0.05, 0) is 31.1 Å². The van der Waals surface area contributed by atoms with E-state index in [2.05, 4.69) is 71.3 Å². The molecule has 0 bridgehead atoms. The van der Waals surface area contributed by atoms with Crippen LogP contribution in [-0.4, -0.2) is 31.6 Å². The molecule has 96 valence electrons. The lowest BCUT2D eigenvalue weighted by atomic mass is 10.2. The summed E-state index contributed by atoms with van der Waals surface area (Å²) in [6, 6.07) is 8.41. The van der Waals surface area contributed by atoms with Crippen LogP contribution in [0, 0.1) is 5.92 Å². The van der Waals surface area contributed by atoms with Crippen molar-refractivity contribution in [1.29, 1.82) is 0 Å². The van der Waals surface area contributed by atoms with Gasteiger partial charge < -0.3 is 10.2 Å². The number of hydrogen-bond acceptors (Lipinski definition) is 2. The maximum Gasteiger partial charge on any atom is 0.0242 e. The van der Waals surface area contributed by atoms with Crippen molar-refractivity contribution in [3.05, 3.63) is 34.3 Å². The van der Waals surface area contributed by atoms with Crippen LogP contribution in [0.15, 0.2) is 28.7 Å². The number of halogens is 1. The van der Waals surface area contributed by atoms with Gasteiger partial charge in [-0.3, -0.25) is 0 Å². The van der Waals surface area contributed by atoms with Gasteiger partial charge in [-0.25, -0.2) is 0 Å². The molecule has 0 aliphatic carbocycles. The van der Waals surface area contributed by atoms with Gasteiger partial charge in [0.05, 0.1) is 0 Å². The summed E-state index contributed by atoms with van der Waals surface area (Å²) in [6.45, 7) is 8.69. The molecule has 0 spiro atoms. The highest BCUT2D eigenvalue weighted by Crippen LogP contribution is 2.16. The molecule has 3 heteroatoms. The summed E-state index contributed by atoms with van der Waals surface area (Å²) < 4.78 is 1.20. The maximum atomic E-state index is 3.58. The standard InChI is InChI=1S/C14H23BrN2/c1-12(2)10-16-8-9-17(3)11-13-6-4-5-7-14(13)15/h4-7,12,16H,8-11H2,1-3H3. The monoisotopic (exact) mass is 298 g/mol. The number of hydrogen-bond donors (Lipinski definition) is 1. The largest absolute Gasteiger partial charge is 0.315 e.